The normalized spacial score (nSPS) is 12.5. The molecule has 0 bridgehead atoms. The van der Waals surface area contributed by atoms with Gasteiger partial charge in [0.25, 0.3) is 0 Å². The molecule has 26 heavy (non-hydrogen) atoms. The minimum atomic E-state index is -4.68. The molecule has 0 aliphatic carbocycles. The van der Waals surface area contributed by atoms with Gasteiger partial charge >= 0.3 is 18.4 Å². The Hall–Kier alpha value is -3.31. The van der Waals surface area contributed by atoms with Crippen molar-refractivity contribution in [1.82, 2.24) is 29.4 Å². The molecule has 0 spiro atoms. The largest absolute Gasteiger partial charge is 0.418 e. The van der Waals surface area contributed by atoms with Gasteiger partial charge in [-0.05, 0) is 12.1 Å². The molecule has 0 atom stereocenters. The van der Waals surface area contributed by atoms with Gasteiger partial charge in [0.15, 0.2) is 11.5 Å². The van der Waals surface area contributed by atoms with E-state index in [-0.39, 0.29) is 22.4 Å². The summed E-state index contributed by atoms with van der Waals surface area (Å²) >= 11 is 0. The third kappa shape index (κ3) is 2.41. The zero-order valence-electron chi connectivity index (χ0n) is 12.5. The molecule has 0 saturated heterocycles. The van der Waals surface area contributed by atoms with Crippen LogP contribution < -0.4 is 5.69 Å². The minimum Gasteiger partial charge on any atom is -0.305 e. The number of para-hydroxylation sites is 1. The third-order valence-corrected chi connectivity index (χ3v) is 3.70. The van der Waals surface area contributed by atoms with Crippen LogP contribution in [0.5, 0.6) is 0 Å². The zero-order valence-corrected chi connectivity index (χ0v) is 12.5. The van der Waals surface area contributed by atoms with E-state index in [4.69, 9.17) is 0 Å². The number of halogens is 5. The van der Waals surface area contributed by atoms with Crippen molar-refractivity contribution in [1.29, 1.82) is 0 Å². The number of benzene rings is 1. The number of hydrogen-bond donors (Lipinski definition) is 1. The van der Waals surface area contributed by atoms with Gasteiger partial charge < -0.3 is 4.98 Å². The highest BCUT2D eigenvalue weighted by molar-refractivity contribution is 5.93. The average molecular weight is 370 g/mol. The van der Waals surface area contributed by atoms with E-state index in [1.807, 2.05) is 0 Å². The first-order valence-corrected chi connectivity index (χ1v) is 7.07. The molecule has 3 heterocycles. The van der Waals surface area contributed by atoms with Crippen LogP contribution in [0.3, 0.4) is 0 Å². The number of nitrogens with zero attached hydrogens (tertiary/aromatic N) is 5. The predicted molar refractivity (Wildman–Crippen MR) is 78.6 cm³/mol. The van der Waals surface area contributed by atoms with Crippen LogP contribution in [-0.2, 0) is 6.18 Å². The van der Waals surface area contributed by atoms with Crippen LogP contribution in [0.15, 0.2) is 35.4 Å². The van der Waals surface area contributed by atoms with Crippen LogP contribution in [0.2, 0.25) is 0 Å². The summed E-state index contributed by atoms with van der Waals surface area (Å²) in [6, 6.07) is 3.35. The molecule has 3 aromatic heterocycles. The van der Waals surface area contributed by atoms with Gasteiger partial charge in [0.05, 0.1) is 22.8 Å². The molecule has 134 valence electrons. The quantitative estimate of drug-likeness (QED) is 0.550. The molecule has 1 N–H and O–H groups in total. The molecule has 4 rings (SSSR count). The Bertz CT molecular complexity index is 1190. The van der Waals surface area contributed by atoms with E-state index in [0.29, 0.717) is 4.68 Å². The average Bonchev–Trinajstić information content (AvgIpc) is 3.21. The van der Waals surface area contributed by atoms with Crippen molar-refractivity contribution in [3.63, 3.8) is 0 Å². The topological polar surface area (TPSA) is 80.9 Å². The summed E-state index contributed by atoms with van der Waals surface area (Å²) in [6.45, 7) is -2.88. The molecule has 12 heteroatoms. The second kappa shape index (κ2) is 5.34. The zero-order chi connectivity index (χ0) is 18.6. The SMILES string of the molecule is O=c1[nH]c2c(C(F)(F)F)cccc2c2nc(-c3cnn(C(F)F)c3)nn12. The molecular formula is C14H7F5N6O. The van der Waals surface area contributed by atoms with Crippen LogP contribution in [0.25, 0.3) is 27.9 Å². The third-order valence-electron chi connectivity index (χ3n) is 3.70. The summed E-state index contributed by atoms with van der Waals surface area (Å²) < 4.78 is 65.8. The lowest BCUT2D eigenvalue weighted by Crippen LogP contribution is -2.19. The van der Waals surface area contributed by atoms with Crippen molar-refractivity contribution in [2.24, 2.45) is 0 Å². The first kappa shape index (κ1) is 16.2. The number of nitrogens with one attached hydrogen (secondary N) is 1. The molecule has 0 fully saturated rings. The number of hydrogen-bond acceptors (Lipinski definition) is 4. The monoisotopic (exact) mass is 370 g/mol. The number of aromatic amines is 1. The standard InChI is InChI=1S/C14H7F5N6O/c15-12(16)24-5-6(4-20-24)10-22-11-7-2-1-3-8(14(17,18)19)9(7)21-13(26)25(11)23-10/h1-5,12H,(H,21,26). The van der Waals surface area contributed by atoms with Gasteiger partial charge in [0, 0.05) is 11.6 Å². The Kier molecular flexibility index (Phi) is 3.32. The van der Waals surface area contributed by atoms with E-state index in [9.17, 15) is 26.7 Å². The lowest BCUT2D eigenvalue weighted by molar-refractivity contribution is -0.136. The van der Waals surface area contributed by atoms with Crippen LogP contribution in [0, 0.1) is 0 Å². The molecular weight excluding hydrogens is 363 g/mol. The highest BCUT2D eigenvalue weighted by Crippen LogP contribution is 2.34. The van der Waals surface area contributed by atoms with E-state index in [1.165, 1.54) is 12.1 Å². The van der Waals surface area contributed by atoms with Crippen LogP contribution in [0.1, 0.15) is 12.1 Å². The van der Waals surface area contributed by atoms with Gasteiger partial charge in [-0.25, -0.2) is 14.5 Å². The number of H-pyrrole nitrogens is 1. The van der Waals surface area contributed by atoms with Crippen LogP contribution >= 0.6 is 0 Å². The Morgan fingerprint density at radius 1 is 1.19 bits per heavy atom. The lowest BCUT2D eigenvalue weighted by atomic mass is 10.1. The van der Waals surface area contributed by atoms with Crippen molar-refractivity contribution in [2.75, 3.05) is 0 Å². The number of aromatic nitrogens is 6. The number of fused-ring (bicyclic) bond motifs is 3. The van der Waals surface area contributed by atoms with Gasteiger partial charge in [0.2, 0.25) is 0 Å². The highest BCUT2D eigenvalue weighted by Gasteiger charge is 2.33. The summed E-state index contributed by atoms with van der Waals surface area (Å²) in [6.07, 6.45) is -2.64. The van der Waals surface area contributed by atoms with Gasteiger partial charge in [-0.2, -0.15) is 31.6 Å². The maximum atomic E-state index is 13.2. The first-order valence-electron chi connectivity index (χ1n) is 7.07. The maximum Gasteiger partial charge on any atom is 0.418 e. The predicted octanol–water partition coefficient (Wildman–Crippen LogP) is 2.85. The Balaban J connectivity index is 1.99. The van der Waals surface area contributed by atoms with E-state index < -0.39 is 29.5 Å². The van der Waals surface area contributed by atoms with E-state index in [0.717, 1.165) is 23.0 Å². The van der Waals surface area contributed by atoms with E-state index >= 15 is 0 Å². The van der Waals surface area contributed by atoms with E-state index in [1.54, 1.807) is 0 Å². The maximum absolute atomic E-state index is 13.2. The fraction of sp³-hybridized carbons (Fsp3) is 0.143. The van der Waals surface area contributed by atoms with Crippen molar-refractivity contribution < 1.29 is 22.0 Å². The lowest BCUT2D eigenvalue weighted by Gasteiger charge is -2.09. The van der Waals surface area contributed by atoms with E-state index in [2.05, 4.69) is 20.2 Å². The van der Waals surface area contributed by atoms with Gasteiger partial charge in [-0.3, -0.25) is 0 Å². The molecule has 0 amide bonds. The Morgan fingerprint density at radius 2 is 1.96 bits per heavy atom. The second-order valence-electron chi connectivity index (χ2n) is 5.31. The molecule has 1 aromatic carbocycles. The molecule has 0 unspecified atom stereocenters. The highest BCUT2D eigenvalue weighted by atomic mass is 19.4. The van der Waals surface area contributed by atoms with Crippen molar-refractivity contribution in [3.8, 4) is 11.4 Å². The fourth-order valence-electron chi connectivity index (χ4n) is 2.58. The summed E-state index contributed by atoms with van der Waals surface area (Å²) in [7, 11) is 0. The Labute approximate surface area is 139 Å². The van der Waals surface area contributed by atoms with Crippen molar-refractivity contribution in [2.45, 2.75) is 12.7 Å². The number of rotatable bonds is 2. The summed E-state index contributed by atoms with van der Waals surface area (Å²) in [4.78, 5) is 18.3. The molecule has 4 aromatic rings. The molecule has 0 aliphatic rings. The summed E-state index contributed by atoms with van der Waals surface area (Å²) in [5, 5.41) is 7.33. The van der Waals surface area contributed by atoms with Crippen LogP contribution in [0.4, 0.5) is 22.0 Å². The van der Waals surface area contributed by atoms with Crippen LogP contribution in [-0.4, -0.2) is 29.4 Å². The van der Waals surface area contributed by atoms with Crippen molar-refractivity contribution in [3.05, 3.63) is 46.6 Å². The van der Waals surface area contributed by atoms with Gasteiger partial charge in [-0.1, -0.05) is 6.07 Å². The fourth-order valence-corrected chi connectivity index (χ4v) is 2.58. The van der Waals surface area contributed by atoms with Gasteiger partial charge in [0.1, 0.15) is 0 Å². The summed E-state index contributed by atoms with van der Waals surface area (Å²) in [5.41, 5.74) is -2.43. The van der Waals surface area contributed by atoms with Gasteiger partial charge in [-0.15, -0.1) is 5.10 Å². The summed E-state index contributed by atoms with van der Waals surface area (Å²) in [5.74, 6) is -0.118. The molecule has 0 radical (unpaired) electrons. The smallest absolute Gasteiger partial charge is 0.305 e. The Morgan fingerprint density at radius 3 is 2.62 bits per heavy atom. The first-order chi connectivity index (χ1) is 12.3. The minimum absolute atomic E-state index is 0.0134. The number of alkyl halides is 5. The second-order valence-corrected chi connectivity index (χ2v) is 5.31. The molecule has 0 aliphatic heterocycles. The molecule has 0 saturated carbocycles. The molecule has 7 nitrogen and oxygen atoms in total. The van der Waals surface area contributed by atoms with Crippen molar-refractivity contribution >= 4 is 16.6 Å².